The number of hydrogen-bond donors (Lipinski definition) is 0. The molecule has 0 spiro atoms. The van der Waals surface area contributed by atoms with Crippen LogP contribution in [-0.4, -0.2) is 26.8 Å². The van der Waals surface area contributed by atoms with Crippen molar-refractivity contribution in [1.82, 2.24) is 0 Å². The Kier molecular flexibility index (Phi) is 4.75. The molecule has 0 aliphatic heterocycles. The summed E-state index contributed by atoms with van der Waals surface area (Å²) in [7, 11) is 2.76. The molecule has 0 aliphatic carbocycles. The Bertz CT molecular complexity index is 404. The van der Waals surface area contributed by atoms with Gasteiger partial charge in [0.1, 0.15) is 0 Å². The standard InChI is InChI=1S/C12H15FO4/c1-4-17-10(14)7-8-5-6-9(15-2)12(16-3)11(8)13/h5-6H,4,7H2,1-3H3. The van der Waals surface area contributed by atoms with Crippen LogP contribution in [0.5, 0.6) is 11.5 Å². The van der Waals surface area contributed by atoms with E-state index in [1.165, 1.54) is 20.3 Å². The maximum atomic E-state index is 13.9. The highest BCUT2D eigenvalue weighted by atomic mass is 19.1. The first-order valence-corrected chi connectivity index (χ1v) is 5.19. The number of hydrogen-bond acceptors (Lipinski definition) is 4. The van der Waals surface area contributed by atoms with Crippen LogP contribution in [0.4, 0.5) is 4.39 Å². The first-order chi connectivity index (χ1) is 8.13. The van der Waals surface area contributed by atoms with Crippen molar-refractivity contribution in [2.45, 2.75) is 13.3 Å². The lowest BCUT2D eigenvalue weighted by atomic mass is 10.1. The number of carbonyl (C=O) groups is 1. The van der Waals surface area contributed by atoms with Crippen LogP contribution in [0.3, 0.4) is 0 Å². The molecule has 1 rings (SSSR count). The van der Waals surface area contributed by atoms with E-state index in [1.807, 2.05) is 0 Å². The number of methoxy groups -OCH3 is 2. The van der Waals surface area contributed by atoms with Crippen LogP contribution in [0.25, 0.3) is 0 Å². The van der Waals surface area contributed by atoms with Crippen molar-refractivity contribution < 1.29 is 23.4 Å². The minimum Gasteiger partial charge on any atom is -0.493 e. The molecule has 0 amide bonds. The average molecular weight is 242 g/mol. The summed E-state index contributed by atoms with van der Waals surface area (Å²) in [5, 5.41) is 0. The smallest absolute Gasteiger partial charge is 0.310 e. The summed E-state index contributed by atoms with van der Waals surface area (Å²) in [5.41, 5.74) is 0.223. The lowest BCUT2D eigenvalue weighted by Crippen LogP contribution is -2.09. The number of carbonyl (C=O) groups excluding carboxylic acids is 1. The van der Waals surface area contributed by atoms with Crippen molar-refractivity contribution in [1.29, 1.82) is 0 Å². The Balaban J connectivity index is 2.98. The van der Waals surface area contributed by atoms with Crippen LogP contribution in [0.1, 0.15) is 12.5 Å². The molecule has 0 heterocycles. The number of benzene rings is 1. The molecule has 4 nitrogen and oxygen atoms in total. The highest BCUT2D eigenvalue weighted by Crippen LogP contribution is 2.32. The molecule has 1 aromatic carbocycles. The van der Waals surface area contributed by atoms with Crippen molar-refractivity contribution in [3.05, 3.63) is 23.5 Å². The van der Waals surface area contributed by atoms with Gasteiger partial charge in [-0.1, -0.05) is 6.07 Å². The molecule has 0 aliphatic rings. The summed E-state index contributed by atoms with van der Waals surface area (Å²) in [6.45, 7) is 1.97. The molecule has 0 saturated carbocycles. The van der Waals surface area contributed by atoms with Gasteiger partial charge in [-0.25, -0.2) is 4.39 Å². The highest BCUT2D eigenvalue weighted by molar-refractivity contribution is 5.73. The second-order valence-corrected chi connectivity index (χ2v) is 3.26. The fourth-order valence-corrected chi connectivity index (χ4v) is 1.43. The zero-order valence-corrected chi connectivity index (χ0v) is 10.1. The molecule has 0 aromatic heterocycles. The Morgan fingerprint density at radius 2 is 2.00 bits per heavy atom. The molecule has 17 heavy (non-hydrogen) atoms. The van der Waals surface area contributed by atoms with Gasteiger partial charge in [-0.05, 0) is 13.0 Å². The largest absolute Gasteiger partial charge is 0.493 e. The summed E-state index contributed by atoms with van der Waals surface area (Å²) in [4.78, 5) is 11.3. The fraction of sp³-hybridized carbons (Fsp3) is 0.417. The van der Waals surface area contributed by atoms with E-state index < -0.39 is 11.8 Å². The molecule has 0 radical (unpaired) electrons. The van der Waals surface area contributed by atoms with Gasteiger partial charge in [0.15, 0.2) is 17.3 Å². The van der Waals surface area contributed by atoms with E-state index in [2.05, 4.69) is 0 Å². The van der Waals surface area contributed by atoms with Gasteiger partial charge in [0.25, 0.3) is 0 Å². The van der Waals surface area contributed by atoms with Crippen LogP contribution in [0, 0.1) is 5.82 Å². The van der Waals surface area contributed by atoms with Crippen molar-refractivity contribution in [3.63, 3.8) is 0 Å². The minimum atomic E-state index is -0.597. The Hall–Kier alpha value is -1.78. The average Bonchev–Trinajstić information content (AvgIpc) is 2.31. The van der Waals surface area contributed by atoms with E-state index in [9.17, 15) is 9.18 Å². The van der Waals surface area contributed by atoms with Gasteiger partial charge in [-0.15, -0.1) is 0 Å². The Morgan fingerprint density at radius 1 is 1.29 bits per heavy atom. The second kappa shape index (κ2) is 6.08. The van der Waals surface area contributed by atoms with Gasteiger partial charge in [-0.2, -0.15) is 0 Å². The Labute approximate surface area is 99.3 Å². The first-order valence-electron chi connectivity index (χ1n) is 5.19. The lowest BCUT2D eigenvalue weighted by molar-refractivity contribution is -0.142. The molecule has 0 saturated heterocycles. The zero-order chi connectivity index (χ0) is 12.8. The van der Waals surface area contributed by atoms with Crippen molar-refractivity contribution in [2.75, 3.05) is 20.8 Å². The fourth-order valence-electron chi connectivity index (χ4n) is 1.43. The number of halogens is 1. The third-order valence-corrected chi connectivity index (χ3v) is 2.21. The summed E-state index contributed by atoms with van der Waals surface area (Å²) < 4.78 is 28.5. The van der Waals surface area contributed by atoms with E-state index >= 15 is 0 Å². The topological polar surface area (TPSA) is 44.8 Å². The monoisotopic (exact) mass is 242 g/mol. The molecule has 0 unspecified atom stereocenters. The molecular formula is C12H15FO4. The lowest BCUT2D eigenvalue weighted by Gasteiger charge is -2.11. The highest BCUT2D eigenvalue weighted by Gasteiger charge is 2.17. The maximum Gasteiger partial charge on any atom is 0.310 e. The van der Waals surface area contributed by atoms with Gasteiger partial charge in [-0.3, -0.25) is 4.79 Å². The number of esters is 1. The molecule has 94 valence electrons. The molecule has 0 fully saturated rings. The SMILES string of the molecule is CCOC(=O)Cc1ccc(OC)c(OC)c1F. The predicted molar refractivity (Wildman–Crippen MR) is 59.8 cm³/mol. The molecule has 0 bridgehead atoms. The Morgan fingerprint density at radius 3 is 2.53 bits per heavy atom. The number of ether oxygens (including phenoxy) is 3. The minimum absolute atomic E-state index is 0.00528. The third kappa shape index (κ3) is 3.09. The van der Waals surface area contributed by atoms with Crippen molar-refractivity contribution in [2.24, 2.45) is 0 Å². The van der Waals surface area contributed by atoms with Crippen LogP contribution < -0.4 is 9.47 Å². The molecule has 0 atom stereocenters. The summed E-state index contributed by atoms with van der Waals surface area (Å²) in [5.74, 6) is -0.787. The summed E-state index contributed by atoms with van der Waals surface area (Å²) in [6.07, 6.45) is -0.125. The van der Waals surface area contributed by atoms with Crippen LogP contribution in [0.15, 0.2) is 12.1 Å². The molecular weight excluding hydrogens is 227 g/mol. The third-order valence-electron chi connectivity index (χ3n) is 2.21. The van der Waals surface area contributed by atoms with Gasteiger partial charge in [0.2, 0.25) is 0 Å². The van der Waals surface area contributed by atoms with Gasteiger partial charge in [0.05, 0.1) is 27.2 Å². The van der Waals surface area contributed by atoms with E-state index in [4.69, 9.17) is 14.2 Å². The first kappa shape index (κ1) is 13.3. The maximum absolute atomic E-state index is 13.9. The predicted octanol–water partition coefficient (Wildman–Crippen LogP) is 1.95. The van der Waals surface area contributed by atoms with Gasteiger partial charge < -0.3 is 14.2 Å². The van der Waals surface area contributed by atoms with E-state index in [0.29, 0.717) is 0 Å². The van der Waals surface area contributed by atoms with E-state index in [0.717, 1.165) is 0 Å². The van der Waals surface area contributed by atoms with Gasteiger partial charge >= 0.3 is 5.97 Å². The normalized spacial score (nSPS) is 9.88. The van der Waals surface area contributed by atoms with Crippen LogP contribution in [-0.2, 0) is 16.0 Å². The van der Waals surface area contributed by atoms with Gasteiger partial charge in [0, 0.05) is 5.56 Å². The molecule has 1 aromatic rings. The van der Waals surface area contributed by atoms with Crippen molar-refractivity contribution in [3.8, 4) is 11.5 Å². The summed E-state index contributed by atoms with van der Waals surface area (Å²) in [6, 6.07) is 3.03. The summed E-state index contributed by atoms with van der Waals surface area (Å²) >= 11 is 0. The number of rotatable bonds is 5. The molecule has 0 N–H and O–H groups in total. The van der Waals surface area contributed by atoms with E-state index in [-0.39, 0.29) is 30.1 Å². The quantitative estimate of drug-likeness (QED) is 0.740. The second-order valence-electron chi connectivity index (χ2n) is 3.26. The van der Waals surface area contributed by atoms with Crippen molar-refractivity contribution >= 4 is 5.97 Å². The van der Waals surface area contributed by atoms with Crippen LogP contribution in [0.2, 0.25) is 0 Å². The molecule has 5 heteroatoms. The van der Waals surface area contributed by atoms with E-state index in [1.54, 1.807) is 13.0 Å². The van der Waals surface area contributed by atoms with Crippen LogP contribution >= 0.6 is 0 Å². The zero-order valence-electron chi connectivity index (χ0n) is 10.1.